The summed E-state index contributed by atoms with van der Waals surface area (Å²) in [6.07, 6.45) is 4.67. The van der Waals surface area contributed by atoms with Gasteiger partial charge in [-0.25, -0.2) is 0 Å². The van der Waals surface area contributed by atoms with E-state index in [4.69, 9.17) is 9.72 Å². The van der Waals surface area contributed by atoms with Gasteiger partial charge in [-0.3, -0.25) is 9.78 Å². The third kappa shape index (κ3) is 4.70. The van der Waals surface area contributed by atoms with Crippen LogP contribution in [-0.4, -0.2) is 36.0 Å². The number of methoxy groups -OCH3 is 1. The summed E-state index contributed by atoms with van der Waals surface area (Å²) in [7, 11) is 1.67. The maximum atomic E-state index is 12.4. The smallest absolute Gasteiger partial charge is 0.222 e. The molecule has 1 aromatic heterocycles. The normalized spacial score (nSPS) is 14.4. The lowest BCUT2D eigenvalue weighted by atomic mass is 10.00. The molecule has 0 radical (unpaired) electrons. The van der Waals surface area contributed by atoms with Gasteiger partial charge in [0.15, 0.2) is 0 Å². The highest BCUT2D eigenvalue weighted by molar-refractivity contribution is 5.76. The minimum Gasteiger partial charge on any atom is -0.497 e. The van der Waals surface area contributed by atoms with Crippen molar-refractivity contribution < 1.29 is 9.53 Å². The molecule has 1 aliphatic rings. The van der Waals surface area contributed by atoms with Gasteiger partial charge >= 0.3 is 0 Å². The van der Waals surface area contributed by atoms with E-state index in [1.165, 1.54) is 0 Å². The molecule has 30 heavy (non-hydrogen) atoms. The largest absolute Gasteiger partial charge is 0.497 e. The van der Waals surface area contributed by atoms with Gasteiger partial charge in [-0.1, -0.05) is 42.8 Å². The first-order valence-electron chi connectivity index (χ1n) is 10.7. The molecule has 4 nitrogen and oxygen atoms in total. The van der Waals surface area contributed by atoms with Gasteiger partial charge in [-0.15, -0.1) is 0 Å². The van der Waals surface area contributed by atoms with E-state index in [1.807, 2.05) is 35.2 Å². The molecule has 0 bridgehead atoms. The number of hydrogen-bond donors (Lipinski definition) is 0. The van der Waals surface area contributed by atoms with Gasteiger partial charge in [0.25, 0.3) is 0 Å². The van der Waals surface area contributed by atoms with Gasteiger partial charge < -0.3 is 9.64 Å². The van der Waals surface area contributed by atoms with Gasteiger partial charge in [0.2, 0.25) is 5.91 Å². The van der Waals surface area contributed by atoms with E-state index in [-0.39, 0.29) is 5.91 Å². The summed E-state index contributed by atoms with van der Waals surface area (Å²) in [5.74, 6) is 1.11. The van der Waals surface area contributed by atoms with Gasteiger partial charge in [0.05, 0.1) is 18.5 Å². The summed E-state index contributed by atoms with van der Waals surface area (Å²) in [4.78, 5) is 19.5. The van der Waals surface area contributed by atoms with Crippen LogP contribution in [0.1, 0.15) is 31.4 Å². The second kappa shape index (κ2) is 9.57. The number of benzene rings is 2. The van der Waals surface area contributed by atoms with Crippen LogP contribution >= 0.6 is 0 Å². The third-order valence-electron chi connectivity index (χ3n) is 5.73. The maximum absolute atomic E-state index is 12.4. The number of amides is 1. The Labute approximate surface area is 178 Å². The van der Waals surface area contributed by atoms with Crippen molar-refractivity contribution in [3.63, 3.8) is 0 Å². The molecule has 154 valence electrons. The second-order valence-electron chi connectivity index (χ2n) is 7.73. The first-order valence-corrected chi connectivity index (χ1v) is 10.7. The molecule has 3 aromatic rings. The molecule has 1 aliphatic heterocycles. The number of pyridine rings is 1. The summed E-state index contributed by atoms with van der Waals surface area (Å²) in [5, 5.41) is 0. The van der Waals surface area contributed by atoms with Crippen molar-refractivity contribution in [2.45, 2.75) is 32.1 Å². The van der Waals surface area contributed by atoms with Crippen molar-refractivity contribution in [2.24, 2.45) is 0 Å². The molecule has 1 amide bonds. The summed E-state index contributed by atoms with van der Waals surface area (Å²) in [5.41, 5.74) is 5.32. The van der Waals surface area contributed by atoms with Crippen LogP contribution in [0.2, 0.25) is 0 Å². The van der Waals surface area contributed by atoms with Gasteiger partial charge in [0, 0.05) is 37.1 Å². The van der Waals surface area contributed by atoms with Crippen LogP contribution in [0.25, 0.3) is 22.4 Å². The molecule has 0 atom stereocenters. The summed E-state index contributed by atoms with van der Waals surface area (Å²) in [6.45, 7) is 1.58. The first kappa shape index (κ1) is 20.1. The Kier molecular flexibility index (Phi) is 6.43. The van der Waals surface area contributed by atoms with Crippen molar-refractivity contribution in [3.8, 4) is 28.1 Å². The van der Waals surface area contributed by atoms with E-state index in [2.05, 4.69) is 36.4 Å². The number of carbonyl (C=O) groups is 1. The lowest BCUT2D eigenvalue weighted by molar-refractivity contribution is -0.130. The predicted molar refractivity (Wildman–Crippen MR) is 120 cm³/mol. The first-order chi connectivity index (χ1) is 14.7. The lowest BCUT2D eigenvalue weighted by Crippen LogP contribution is -2.32. The minimum absolute atomic E-state index is 0.278. The minimum atomic E-state index is 0.278. The van der Waals surface area contributed by atoms with Crippen molar-refractivity contribution in [2.75, 3.05) is 20.2 Å². The Morgan fingerprint density at radius 2 is 1.70 bits per heavy atom. The zero-order chi connectivity index (χ0) is 20.8. The standard InChI is InChI=1S/C26H28N2O2/c1-30-22-13-11-21(12-14-22)24-16-15-23(20-8-4-2-5-9-20)25(27-24)17-19-28-18-7-3-6-10-26(28)29/h2,4-5,8-9,11-16H,3,6-7,10,17-19H2,1H3. The van der Waals surface area contributed by atoms with Crippen LogP contribution in [-0.2, 0) is 11.2 Å². The molecule has 0 unspecified atom stereocenters. The fraction of sp³-hybridized carbons (Fsp3) is 0.308. The van der Waals surface area contributed by atoms with E-state index in [9.17, 15) is 4.79 Å². The van der Waals surface area contributed by atoms with Gasteiger partial charge in [-0.05, 0) is 48.7 Å². The molecule has 1 saturated heterocycles. The molecule has 4 rings (SSSR count). The van der Waals surface area contributed by atoms with Crippen molar-refractivity contribution in [1.82, 2.24) is 9.88 Å². The average Bonchev–Trinajstić information content (AvgIpc) is 3.02. The lowest BCUT2D eigenvalue weighted by Gasteiger charge is -2.21. The summed E-state index contributed by atoms with van der Waals surface area (Å²) >= 11 is 0. The number of rotatable bonds is 6. The van der Waals surface area contributed by atoms with Crippen molar-refractivity contribution in [3.05, 3.63) is 72.4 Å². The van der Waals surface area contributed by atoms with Crippen LogP contribution in [0, 0.1) is 0 Å². The number of hydrogen-bond acceptors (Lipinski definition) is 3. The molecule has 2 heterocycles. The van der Waals surface area contributed by atoms with Crippen molar-refractivity contribution in [1.29, 1.82) is 0 Å². The van der Waals surface area contributed by atoms with E-state index >= 15 is 0 Å². The highest BCUT2D eigenvalue weighted by atomic mass is 16.5. The number of aromatic nitrogens is 1. The van der Waals surface area contributed by atoms with Crippen LogP contribution in [0.15, 0.2) is 66.7 Å². The molecule has 1 fully saturated rings. The highest BCUT2D eigenvalue weighted by Gasteiger charge is 2.18. The summed E-state index contributed by atoms with van der Waals surface area (Å²) in [6, 6.07) is 22.6. The van der Waals surface area contributed by atoms with E-state index in [0.29, 0.717) is 6.42 Å². The zero-order valence-corrected chi connectivity index (χ0v) is 17.5. The highest BCUT2D eigenvalue weighted by Crippen LogP contribution is 2.28. The zero-order valence-electron chi connectivity index (χ0n) is 17.5. The Morgan fingerprint density at radius 3 is 2.47 bits per heavy atom. The maximum Gasteiger partial charge on any atom is 0.222 e. The molecule has 0 saturated carbocycles. The Bertz CT molecular complexity index is 984. The van der Waals surface area contributed by atoms with Crippen LogP contribution in [0.5, 0.6) is 5.75 Å². The quantitative estimate of drug-likeness (QED) is 0.559. The van der Waals surface area contributed by atoms with Crippen LogP contribution in [0.3, 0.4) is 0 Å². The Morgan fingerprint density at radius 1 is 0.900 bits per heavy atom. The molecular weight excluding hydrogens is 372 g/mol. The van der Waals surface area contributed by atoms with Crippen molar-refractivity contribution >= 4 is 5.91 Å². The Balaban J connectivity index is 1.64. The topological polar surface area (TPSA) is 42.4 Å². The number of carbonyl (C=O) groups excluding carboxylic acids is 1. The molecule has 0 spiro atoms. The van der Waals surface area contributed by atoms with Crippen LogP contribution < -0.4 is 4.74 Å². The SMILES string of the molecule is COc1ccc(-c2ccc(-c3ccccc3)c(CCN3CCCCCC3=O)n2)cc1. The van der Waals surface area contributed by atoms with E-state index < -0.39 is 0 Å². The molecular formula is C26H28N2O2. The number of ether oxygens (including phenoxy) is 1. The molecule has 0 N–H and O–H groups in total. The average molecular weight is 401 g/mol. The van der Waals surface area contributed by atoms with Gasteiger partial charge in [0.1, 0.15) is 5.75 Å². The number of nitrogens with zero attached hydrogens (tertiary/aromatic N) is 2. The molecule has 2 aromatic carbocycles. The molecule has 4 heteroatoms. The fourth-order valence-electron chi connectivity index (χ4n) is 4.01. The molecule has 0 aliphatic carbocycles. The third-order valence-corrected chi connectivity index (χ3v) is 5.73. The van der Waals surface area contributed by atoms with Gasteiger partial charge in [-0.2, -0.15) is 0 Å². The Hall–Kier alpha value is -3.14. The van der Waals surface area contributed by atoms with Crippen LogP contribution in [0.4, 0.5) is 0 Å². The second-order valence-corrected chi connectivity index (χ2v) is 7.73. The number of likely N-dealkylation sites (tertiary alicyclic amines) is 1. The fourth-order valence-corrected chi connectivity index (χ4v) is 4.01. The van der Waals surface area contributed by atoms with E-state index in [1.54, 1.807) is 7.11 Å². The predicted octanol–water partition coefficient (Wildman–Crippen LogP) is 5.37. The van der Waals surface area contributed by atoms with E-state index in [0.717, 1.165) is 72.6 Å². The summed E-state index contributed by atoms with van der Waals surface area (Å²) < 4.78 is 5.27. The monoisotopic (exact) mass is 400 g/mol.